The molecule has 0 fully saturated rings. The van der Waals surface area contributed by atoms with E-state index in [2.05, 4.69) is 53.0 Å². The van der Waals surface area contributed by atoms with Gasteiger partial charge in [-0.25, -0.2) is 0 Å². The summed E-state index contributed by atoms with van der Waals surface area (Å²) in [6.07, 6.45) is 3.38. The van der Waals surface area contributed by atoms with Crippen LogP contribution in [0.15, 0.2) is 64.5 Å². The zero-order valence-electron chi connectivity index (χ0n) is 15.3. The van der Waals surface area contributed by atoms with E-state index in [4.69, 9.17) is 4.74 Å². The van der Waals surface area contributed by atoms with Crippen molar-refractivity contribution in [1.82, 2.24) is 4.98 Å². The van der Waals surface area contributed by atoms with Gasteiger partial charge < -0.3 is 9.72 Å². The van der Waals surface area contributed by atoms with Crippen molar-refractivity contribution in [3.8, 4) is 5.75 Å². The summed E-state index contributed by atoms with van der Waals surface area (Å²) in [4.78, 5) is 16.6. The number of ketones is 1. The average molecular weight is 422 g/mol. The quantitative estimate of drug-likeness (QED) is 0.515. The molecule has 136 valence electrons. The second-order valence-corrected chi connectivity index (χ2v) is 9.20. The van der Waals surface area contributed by atoms with Gasteiger partial charge in [0, 0.05) is 51.5 Å². The van der Waals surface area contributed by atoms with E-state index in [0.29, 0.717) is 6.42 Å². The van der Waals surface area contributed by atoms with Crippen LogP contribution in [0.3, 0.4) is 0 Å². The molecule has 1 atom stereocenters. The van der Waals surface area contributed by atoms with Gasteiger partial charge in [0.1, 0.15) is 11.5 Å². The van der Waals surface area contributed by atoms with E-state index < -0.39 is 0 Å². The highest BCUT2D eigenvalue weighted by atomic mass is 79.9. The fraction of sp³-hybridized carbons (Fsp3) is 0.261. The summed E-state index contributed by atoms with van der Waals surface area (Å²) < 4.78 is 7.25. The van der Waals surface area contributed by atoms with Crippen LogP contribution in [0.5, 0.6) is 5.75 Å². The van der Waals surface area contributed by atoms with Crippen molar-refractivity contribution in [3.05, 3.63) is 75.6 Å². The summed E-state index contributed by atoms with van der Waals surface area (Å²) in [6.45, 7) is 4.27. The van der Waals surface area contributed by atoms with Crippen LogP contribution < -0.4 is 4.74 Å². The van der Waals surface area contributed by atoms with Crippen molar-refractivity contribution in [1.29, 1.82) is 0 Å². The van der Waals surface area contributed by atoms with Crippen LogP contribution in [-0.2, 0) is 4.79 Å². The third kappa shape index (κ3) is 2.66. The molecule has 1 aromatic heterocycles. The van der Waals surface area contributed by atoms with Crippen LogP contribution in [0, 0.1) is 5.41 Å². The number of hydrogen-bond donors (Lipinski definition) is 1. The lowest BCUT2D eigenvalue weighted by molar-refractivity contribution is -0.118. The van der Waals surface area contributed by atoms with Gasteiger partial charge in [-0.15, -0.1) is 0 Å². The minimum Gasteiger partial charge on any atom is -0.461 e. The Hall–Kier alpha value is -2.33. The highest BCUT2D eigenvalue weighted by Crippen LogP contribution is 2.51. The van der Waals surface area contributed by atoms with Crippen molar-refractivity contribution < 1.29 is 9.53 Å². The molecule has 0 radical (unpaired) electrons. The predicted octanol–water partition coefficient (Wildman–Crippen LogP) is 6.10. The number of ether oxygens (including phenoxy) is 1. The molecule has 1 aliphatic carbocycles. The maximum Gasteiger partial charge on any atom is 0.163 e. The van der Waals surface area contributed by atoms with Gasteiger partial charge in [0.25, 0.3) is 0 Å². The second-order valence-electron chi connectivity index (χ2n) is 8.28. The summed E-state index contributed by atoms with van der Waals surface area (Å²) in [5, 5.41) is 1.15. The van der Waals surface area contributed by atoms with Gasteiger partial charge in [-0.2, -0.15) is 0 Å². The maximum absolute atomic E-state index is 13.2. The van der Waals surface area contributed by atoms with Gasteiger partial charge in [-0.05, 0) is 35.2 Å². The summed E-state index contributed by atoms with van der Waals surface area (Å²) in [5.74, 6) is 1.77. The molecule has 2 aliphatic rings. The van der Waals surface area contributed by atoms with E-state index in [1.165, 1.54) is 0 Å². The number of aromatic amines is 1. The summed E-state index contributed by atoms with van der Waals surface area (Å²) in [5.41, 5.74) is 4.01. The number of halogens is 1. The molecule has 2 aromatic carbocycles. The Morgan fingerprint density at radius 3 is 2.78 bits per heavy atom. The summed E-state index contributed by atoms with van der Waals surface area (Å²) >= 11 is 3.59. The van der Waals surface area contributed by atoms with Crippen LogP contribution in [0.4, 0.5) is 0 Å². The third-order valence-electron chi connectivity index (χ3n) is 5.62. The maximum atomic E-state index is 13.2. The minimum absolute atomic E-state index is 0.0758. The molecule has 0 spiro atoms. The molecule has 1 unspecified atom stereocenters. The van der Waals surface area contributed by atoms with Crippen LogP contribution in [0.2, 0.25) is 0 Å². The molecule has 0 saturated heterocycles. The van der Waals surface area contributed by atoms with E-state index >= 15 is 0 Å². The lowest BCUT2D eigenvalue weighted by atomic mass is 9.70. The molecule has 0 amide bonds. The topological polar surface area (TPSA) is 42.1 Å². The summed E-state index contributed by atoms with van der Waals surface area (Å²) in [6, 6.07) is 14.3. The molecule has 5 rings (SSSR count). The molecule has 1 aliphatic heterocycles. The smallest absolute Gasteiger partial charge is 0.163 e. The fourth-order valence-electron chi connectivity index (χ4n) is 4.47. The molecule has 0 bridgehead atoms. The highest BCUT2D eigenvalue weighted by Gasteiger charge is 2.42. The van der Waals surface area contributed by atoms with Gasteiger partial charge in [0.15, 0.2) is 5.78 Å². The van der Waals surface area contributed by atoms with Crippen molar-refractivity contribution in [2.24, 2.45) is 5.41 Å². The Bertz CT molecular complexity index is 1120. The Kier molecular flexibility index (Phi) is 3.63. The lowest BCUT2D eigenvalue weighted by Crippen LogP contribution is -2.32. The van der Waals surface area contributed by atoms with E-state index in [9.17, 15) is 4.79 Å². The van der Waals surface area contributed by atoms with Crippen molar-refractivity contribution >= 4 is 32.6 Å². The molecule has 2 heterocycles. The molecule has 3 nitrogen and oxygen atoms in total. The average Bonchev–Trinajstić information content (AvgIpc) is 3.03. The van der Waals surface area contributed by atoms with Crippen molar-refractivity contribution in [2.45, 2.75) is 32.6 Å². The first-order chi connectivity index (χ1) is 12.9. The number of para-hydroxylation sites is 1. The normalized spacial score (nSPS) is 21.0. The molecule has 4 heteroatoms. The first kappa shape index (κ1) is 16.8. The molecule has 0 saturated carbocycles. The first-order valence-corrected chi connectivity index (χ1v) is 10.0. The van der Waals surface area contributed by atoms with E-state index in [-0.39, 0.29) is 17.1 Å². The number of H-pyrrole nitrogens is 1. The number of rotatable bonds is 1. The largest absolute Gasteiger partial charge is 0.461 e. The second kappa shape index (κ2) is 5.83. The van der Waals surface area contributed by atoms with Gasteiger partial charge >= 0.3 is 0 Å². The lowest BCUT2D eigenvalue weighted by Gasteiger charge is -2.38. The fourth-order valence-corrected chi connectivity index (χ4v) is 4.85. The Balaban J connectivity index is 1.79. The Labute approximate surface area is 166 Å². The monoisotopic (exact) mass is 421 g/mol. The van der Waals surface area contributed by atoms with E-state index in [0.717, 1.165) is 50.0 Å². The SMILES string of the molecule is CC1(C)CC(=O)C2=C(C1)Oc1ccc(Br)cc1C2c1c[nH]c2ccccc12. The van der Waals surface area contributed by atoms with Gasteiger partial charge in [0.2, 0.25) is 0 Å². The number of fused-ring (bicyclic) bond motifs is 2. The van der Waals surface area contributed by atoms with Crippen molar-refractivity contribution in [2.75, 3.05) is 0 Å². The number of benzene rings is 2. The molecular formula is C23H20BrNO2. The van der Waals surface area contributed by atoms with Crippen LogP contribution in [-0.4, -0.2) is 10.8 Å². The number of allylic oxidation sites excluding steroid dienone is 2. The van der Waals surface area contributed by atoms with Gasteiger partial charge in [-0.1, -0.05) is 48.0 Å². The number of carbonyl (C=O) groups excluding carboxylic acids is 1. The predicted molar refractivity (Wildman–Crippen MR) is 110 cm³/mol. The zero-order chi connectivity index (χ0) is 18.8. The first-order valence-electron chi connectivity index (χ1n) is 9.22. The Morgan fingerprint density at radius 1 is 1.11 bits per heavy atom. The number of nitrogens with one attached hydrogen (secondary N) is 1. The molecular weight excluding hydrogens is 402 g/mol. The minimum atomic E-state index is -0.110. The highest BCUT2D eigenvalue weighted by molar-refractivity contribution is 9.10. The van der Waals surface area contributed by atoms with E-state index in [1.54, 1.807) is 0 Å². The third-order valence-corrected chi connectivity index (χ3v) is 6.11. The molecule has 1 N–H and O–H groups in total. The standard InChI is InChI=1S/C23H20BrNO2/c1-23(2)10-18(26)22-20(11-23)27-19-8-7-13(24)9-15(19)21(22)16-12-25-17-6-4-3-5-14(16)17/h3-9,12,21,25H,10-11H2,1-2H3. The van der Waals surface area contributed by atoms with E-state index in [1.807, 2.05) is 30.5 Å². The van der Waals surface area contributed by atoms with Crippen LogP contribution in [0.25, 0.3) is 10.9 Å². The van der Waals surface area contributed by atoms with Gasteiger partial charge in [-0.3, -0.25) is 4.79 Å². The van der Waals surface area contributed by atoms with Gasteiger partial charge in [0.05, 0.1) is 0 Å². The number of Topliss-reactive ketones (excluding diaryl/α,β-unsaturated/α-hetero) is 1. The van der Waals surface area contributed by atoms with Crippen LogP contribution >= 0.6 is 15.9 Å². The zero-order valence-corrected chi connectivity index (χ0v) is 16.9. The Morgan fingerprint density at radius 2 is 1.93 bits per heavy atom. The molecule has 27 heavy (non-hydrogen) atoms. The van der Waals surface area contributed by atoms with Crippen LogP contribution in [0.1, 0.15) is 43.7 Å². The number of carbonyl (C=O) groups is 1. The number of hydrogen-bond acceptors (Lipinski definition) is 2. The summed E-state index contributed by atoms with van der Waals surface area (Å²) in [7, 11) is 0. The molecule has 3 aromatic rings. The number of aromatic nitrogens is 1. The van der Waals surface area contributed by atoms with Crippen molar-refractivity contribution in [3.63, 3.8) is 0 Å².